The number of ether oxygens (including phenoxy) is 1. The van der Waals surface area contributed by atoms with E-state index in [4.69, 9.17) is 4.74 Å². The van der Waals surface area contributed by atoms with Gasteiger partial charge in [0.15, 0.2) is 5.78 Å². The molecule has 0 saturated carbocycles. The van der Waals surface area contributed by atoms with Crippen molar-refractivity contribution in [1.82, 2.24) is 0 Å². The van der Waals surface area contributed by atoms with Crippen LogP contribution in [0, 0.1) is 11.7 Å². The molecule has 4 heteroatoms. The maximum absolute atomic E-state index is 13.8. The molecule has 3 nitrogen and oxygen atoms in total. The van der Waals surface area contributed by atoms with Gasteiger partial charge in [-0.05, 0) is 37.1 Å². The summed E-state index contributed by atoms with van der Waals surface area (Å²) in [7, 11) is 0. The highest BCUT2D eigenvalue weighted by Crippen LogP contribution is 2.27. The van der Waals surface area contributed by atoms with Crippen LogP contribution in [0.25, 0.3) is 0 Å². The molecule has 0 bridgehead atoms. The summed E-state index contributed by atoms with van der Waals surface area (Å²) in [6.45, 7) is 2.64. The molecular formula is C18H18FNO2. The molecule has 0 radical (unpaired) electrons. The number of fused-ring (bicyclic) bond motifs is 1. The van der Waals surface area contributed by atoms with Gasteiger partial charge in [-0.1, -0.05) is 24.3 Å². The van der Waals surface area contributed by atoms with Crippen LogP contribution in [-0.4, -0.2) is 18.9 Å². The first-order chi connectivity index (χ1) is 10.6. The molecule has 2 aromatic carbocycles. The molecule has 0 spiro atoms. The number of halogens is 1. The lowest BCUT2D eigenvalue weighted by Crippen LogP contribution is -2.27. The van der Waals surface area contributed by atoms with Crippen molar-refractivity contribution in [2.75, 3.05) is 18.5 Å². The van der Waals surface area contributed by atoms with Crippen molar-refractivity contribution in [3.63, 3.8) is 0 Å². The van der Waals surface area contributed by atoms with Crippen molar-refractivity contribution < 1.29 is 13.9 Å². The summed E-state index contributed by atoms with van der Waals surface area (Å²) in [4.78, 5) is 11.6. The maximum Gasteiger partial charge on any atom is 0.164 e. The molecule has 1 aliphatic rings. The van der Waals surface area contributed by atoms with Gasteiger partial charge in [0.2, 0.25) is 0 Å². The van der Waals surface area contributed by atoms with E-state index in [0.717, 1.165) is 12.2 Å². The van der Waals surface area contributed by atoms with E-state index in [1.165, 1.54) is 18.6 Å². The molecule has 1 heterocycles. The molecule has 0 aromatic heterocycles. The van der Waals surface area contributed by atoms with E-state index in [9.17, 15) is 9.18 Å². The van der Waals surface area contributed by atoms with Crippen LogP contribution >= 0.6 is 0 Å². The van der Waals surface area contributed by atoms with Gasteiger partial charge in [0.25, 0.3) is 0 Å². The SMILES string of the molecule is CC(=O)c1c(F)cccc1NCC1COc2ccccc2C1. The van der Waals surface area contributed by atoms with Crippen LogP contribution in [0.2, 0.25) is 0 Å². The first-order valence-corrected chi connectivity index (χ1v) is 7.39. The fraction of sp³-hybridized carbons (Fsp3) is 0.278. The first kappa shape index (κ1) is 14.6. The van der Waals surface area contributed by atoms with Gasteiger partial charge in [-0.2, -0.15) is 0 Å². The Morgan fingerprint density at radius 3 is 2.91 bits per heavy atom. The zero-order valence-corrected chi connectivity index (χ0v) is 12.4. The number of carbonyl (C=O) groups is 1. The Labute approximate surface area is 129 Å². The molecule has 2 aromatic rings. The minimum Gasteiger partial charge on any atom is -0.493 e. The lowest BCUT2D eigenvalue weighted by molar-refractivity contribution is 0.101. The van der Waals surface area contributed by atoms with Gasteiger partial charge in [-0.25, -0.2) is 4.39 Å². The van der Waals surface area contributed by atoms with Crippen molar-refractivity contribution in [2.24, 2.45) is 5.92 Å². The number of benzene rings is 2. The Hall–Kier alpha value is -2.36. The number of ketones is 1. The fourth-order valence-electron chi connectivity index (χ4n) is 2.81. The summed E-state index contributed by atoms with van der Waals surface area (Å²) in [5.41, 5.74) is 1.86. The summed E-state index contributed by atoms with van der Waals surface area (Å²) in [5, 5.41) is 3.20. The van der Waals surface area contributed by atoms with E-state index in [0.29, 0.717) is 18.8 Å². The van der Waals surface area contributed by atoms with E-state index in [2.05, 4.69) is 11.4 Å². The number of anilines is 1. The monoisotopic (exact) mass is 299 g/mol. The lowest BCUT2D eigenvalue weighted by atomic mass is 9.96. The Balaban J connectivity index is 1.70. The summed E-state index contributed by atoms with van der Waals surface area (Å²) in [6, 6.07) is 12.6. The standard InChI is InChI=1S/C18H18FNO2/c1-12(21)18-15(19)6-4-7-16(18)20-10-13-9-14-5-2-3-8-17(14)22-11-13/h2-8,13,20H,9-11H2,1H3. The molecular weight excluding hydrogens is 281 g/mol. The second-order valence-electron chi connectivity index (χ2n) is 5.59. The zero-order valence-electron chi connectivity index (χ0n) is 12.4. The lowest BCUT2D eigenvalue weighted by Gasteiger charge is -2.26. The molecule has 0 aliphatic carbocycles. The average molecular weight is 299 g/mol. The minimum atomic E-state index is -0.484. The van der Waals surface area contributed by atoms with Gasteiger partial charge in [0.1, 0.15) is 11.6 Å². The van der Waals surface area contributed by atoms with Crippen LogP contribution in [0.4, 0.5) is 10.1 Å². The highest BCUT2D eigenvalue weighted by atomic mass is 19.1. The molecule has 1 aliphatic heterocycles. The number of rotatable bonds is 4. The molecule has 0 fully saturated rings. The van der Waals surface area contributed by atoms with Crippen molar-refractivity contribution in [3.05, 3.63) is 59.4 Å². The molecule has 0 amide bonds. The van der Waals surface area contributed by atoms with E-state index in [1.807, 2.05) is 18.2 Å². The first-order valence-electron chi connectivity index (χ1n) is 7.39. The Kier molecular flexibility index (Phi) is 4.09. The van der Waals surface area contributed by atoms with Gasteiger partial charge in [-0.3, -0.25) is 4.79 Å². The third-order valence-corrected chi connectivity index (χ3v) is 3.90. The van der Waals surface area contributed by atoms with E-state index >= 15 is 0 Å². The summed E-state index contributed by atoms with van der Waals surface area (Å²) < 4.78 is 19.5. The smallest absolute Gasteiger partial charge is 0.164 e. The highest BCUT2D eigenvalue weighted by Gasteiger charge is 2.20. The van der Waals surface area contributed by atoms with Crippen LogP contribution in [0.1, 0.15) is 22.8 Å². The van der Waals surface area contributed by atoms with Gasteiger partial charge in [0.05, 0.1) is 12.2 Å². The second kappa shape index (κ2) is 6.18. The van der Waals surface area contributed by atoms with Crippen molar-refractivity contribution in [3.8, 4) is 5.75 Å². The van der Waals surface area contributed by atoms with Gasteiger partial charge >= 0.3 is 0 Å². The topological polar surface area (TPSA) is 38.3 Å². The predicted octanol–water partition coefficient (Wildman–Crippen LogP) is 3.69. The predicted molar refractivity (Wildman–Crippen MR) is 84.0 cm³/mol. The van der Waals surface area contributed by atoms with Crippen LogP contribution in [0.5, 0.6) is 5.75 Å². The van der Waals surface area contributed by atoms with Gasteiger partial charge in [-0.15, -0.1) is 0 Å². The van der Waals surface area contributed by atoms with Gasteiger partial charge in [0, 0.05) is 18.2 Å². The number of nitrogens with one attached hydrogen (secondary N) is 1. The molecule has 1 unspecified atom stereocenters. The molecule has 0 saturated heterocycles. The molecule has 3 rings (SSSR count). The van der Waals surface area contributed by atoms with Crippen LogP contribution < -0.4 is 10.1 Å². The third kappa shape index (κ3) is 2.96. The number of para-hydroxylation sites is 1. The number of Topliss-reactive ketones (excluding diaryl/α,β-unsaturated/α-hetero) is 1. The second-order valence-corrected chi connectivity index (χ2v) is 5.59. The molecule has 114 valence electrons. The quantitative estimate of drug-likeness (QED) is 0.875. The van der Waals surface area contributed by atoms with E-state index in [1.54, 1.807) is 12.1 Å². The normalized spacial score (nSPS) is 16.5. The number of hydrogen-bond donors (Lipinski definition) is 1. The molecule has 1 atom stereocenters. The Bertz CT molecular complexity index is 699. The minimum absolute atomic E-state index is 0.125. The highest BCUT2D eigenvalue weighted by molar-refractivity contribution is 5.99. The van der Waals surface area contributed by atoms with Crippen LogP contribution in [0.15, 0.2) is 42.5 Å². The largest absolute Gasteiger partial charge is 0.493 e. The average Bonchev–Trinajstić information content (AvgIpc) is 2.52. The van der Waals surface area contributed by atoms with E-state index in [-0.39, 0.29) is 17.3 Å². The van der Waals surface area contributed by atoms with Crippen LogP contribution in [0.3, 0.4) is 0 Å². The molecule has 1 N–H and O–H groups in total. The van der Waals surface area contributed by atoms with E-state index < -0.39 is 5.82 Å². The van der Waals surface area contributed by atoms with Gasteiger partial charge < -0.3 is 10.1 Å². The van der Waals surface area contributed by atoms with Crippen LogP contribution in [-0.2, 0) is 6.42 Å². The van der Waals surface area contributed by atoms with Crippen molar-refractivity contribution >= 4 is 11.5 Å². The van der Waals surface area contributed by atoms with Crippen molar-refractivity contribution in [1.29, 1.82) is 0 Å². The van der Waals surface area contributed by atoms with Crippen molar-refractivity contribution in [2.45, 2.75) is 13.3 Å². The molecule has 22 heavy (non-hydrogen) atoms. The number of carbonyl (C=O) groups excluding carboxylic acids is 1. The summed E-state index contributed by atoms with van der Waals surface area (Å²) >= 11 is 0. The Morgan fingerprint density at radius 2 is 2.09 bits per heavy atom. The Morgan fingerprint density at radius 1 is 1.27 bits per heavy atom. The summed E-state index contributed by atoms with van der Waals surface area (Å²) in [6.07, 6.45) is 0.911. The fourth-order valence-corrected chi connectivity index (χ4v) is 2.81. The summed E-state index contributed by atoms with van der Waals surface area (Å²) in [5.74, 6) is 0.473. The maximum atomic E-state index is 13.8. The number of hydrogen-bond acceptors (Lipinski definition) is 3. The zero-order chi connectivity index (χ0) is 15.5. The third-order valence-electron chi connectivity index (χ3n) is 3.90.